The highest BCUT2D eigenvalue weighted by Crippen LogP contribution is 2.21. The van der Waals surface area contributed by atoms with E-state index in [2.05, 4.69) is 0 Å². The van der Waals surface area contributed by atoms with Crippen LogP contribution in [0.25, 0.3) is 0 Å². The van der Waals surface area contributed by atoms with E-state index in [0.717, 1.165) is 5.56 Å². The first-order valence-corrected chi connectivity index (χ1v) is 6.41. The van der Waals surface area contributed by atoms with Crippen LogP contribution < -0.4 is 0 Å². The third-order valence-electron chi connectivity index (χ3n) is 3.15. The maximum Gasteiger partial charge on any atom is 0.305 e. The van der Waals surface area contributed by atoms with Gasteiger partial charge in [-0.05, 0) is 17.7 Å². The van der Waals surface area contributed by atoms with Crippen LogP contribution in [0.3, 0.4) is 0 Å². The third-order valence-corrected chi connectivity index (χ3v) is 3.50. The maximum atomic E-state index is 13.0. The summed E-state index contributed by atoms with van der Waals surface area (Å²) in [6.45, 7) is 2.10. The average Bonchev–Trinajstić information content (AvgIpc) is 2.34. The standard InChI is InChI=1S/C13H15ClFNO3/c14-12-5-10(15)2-1-9(12)7-16-3-4-19-8-11(16)6-13(17)18/h1-2,5,11H,3-4,6-8H2,(H,17,18). The Hall–Kier alpha value is -1.17. The summed E-state index contributed by atoms with van der Waals surface area (Å²) >= 11 is 5.99. The molecule has 1 heterocycles. The monoisotopic (exact) mass is 287 g/mol. The Morgan fingerprint density at radius 2 is 2.37 bits per heavy atom. The van der Waals surface area contributed by atoms with E-state index in [0.29, 0.717) is 31.3 Å². The second kappa shape index (κ2) is 6.32. The van der Waals surface area contributed by atoms with Gasteiger partial charge in [0.2, 0.25) is 0 Å². The molecular formula is C13H15ClFNO3. The fourth-order valence-corrected chi connectivity index (χ4v) is 2.38. The van der Waals surface area contributed by atoms with Crippen molar-refractivity contribution in [3.8, 4) is 0 Å². The first-order valence-electron chi connectivity index (χ1n) is 6.04. The Morgan fingerprint density at radius 3 is 3.05 bits per heavy atom. The van der Waals surface area contributed by atoms with E-state index in [4.69, 9.17) is 21.4 Å². The Labute approximate surface area is 115 Å². The number of carbonyl (C=O) groups is 1. The number of morpholine rings is 1. The molecule has 0 aromatic heterocycles. The van der Waals surface area contributed by atoms with Crippen molar-refractivity contribution < 1.29 is 19.0 Å². The van der Waals surface area contributed by atoms with E-state index >= 15 is 0 Å². The number of nitrogens with zero attached hydrogens (tertiary/aromatic N) is 1. The van der Waals surface area contributed by atoms with Gasteiger partial charge in [-0.25, -0.2) is 4.39 Å². The third kappa shape index (κ3) is 3.89. The molecule has 19 heavy (non-hydrogen) atoms. The second-order valence-corrected chi connectivity index (χ2v) is 4.94. The summed E-state index contributed by atoms with van der Waals surface area (Å²) in [5.41, 5.74) is 0.792. The molecule has 1 aliphatic heterocycles. The predicted octanol–water partition coefficient (Wildman–Crippen LogP) is 2.15. The maximum absolute atomic E-state index is 13.0. The number of ether oxygens (including phenoxy) is 1. The van der Waals surface area contributed by atoms with E-state index < -0.39 is 5.97 Å². The second-order valence-electron chi connectivity index (χ2n) is 4.53. The van der Waals surface area contributed by atoms with Crippen LogP contribution in [-0.2, 0) is 16.1 Å². The Morgan fingerprint density at radius 1 is 1.58 bits per heavy atom. The summed E-state index contributed by atoms with van der Waals surface area (Å²) in [5, 5.41) is 9.24. The van der Waals surface area contributed by atoms with Crippen molar-refractivity contribution in [2.24, 2.45) is 0 Å². The van der Waals surface area contributed by atoms with E-state index in [-0.39, 0.29) is 18.3 Å². The van der Waals surface area contributed by atoms with E-state index in [1.165, 1.54) is 12.1 Å². The van der Waals surface area contributed by atoms with Crippen molar-refractivity contribution in [1.29, 1.82) is 0 Å². The fourth-order valence-electron chi connectivity index (χ4n) is 2.16. The molecule has 0 spiro atoms. The van der Waals surface area contributed by atoms with Gasteiger partial charge in [0, 0.05) is 24.2 Å². The highest BCUT2D eigenvalue weighted by molar-refractivity contribution is 6.31. The topological polar surface area (TPSA) is 49.8 Å². The number of carboxylic acids is 1. The van der Waals surface area contributed by atoms with Gasteiger partial charge in [0.05, 0.1) is 19.6 Å². The van der Waals surface area contributed by atoms with Gasteiger partial charge in [-0.3, -0.25) is 9.69 Å². The smallest absolute Gasteiger partial charge is 0.305 e. The van der Waals surface area contributed by atoms with Crippen molar-refractivity contribution in [2.45, 2.75) is 19.0 Å². The summed E-state index contributed by atoms with van der Waals surface area (Å²) < 4.78 is 18.3. The molecule has 0 saturated carbocycles. The molecule has 1 unspecified atom stereocenters. The first kappa shape index (κ1) is 14.2. The fraction of sp³-hybridized carbons (Fsp3) is 0.462. The molecule has 1 fully saturated rings. The molecule has 0 aliphatic carbocycles. The van der Waals surface area contributed by atoms with Crippen LogP contribution in [0, 0.1) is 5.82 Å². The SMILES string of the molecule is O=C(O)CC1COCCN1Cc1ccc(F)cc1Cl. The minimum Gasteiger partial charge on any atom is -0.481 e. The summed E-state index contributed by atoms with van der Waals surface area (Å²) in [6.07, 6.45) is 0.0266. The molecular weight excluding hydrogens is 273 g/mol. The molecule has 0 amide bonds. The van der Waals surface area contributed by atoms with Crippen molar-refractivity contribution in [3.63, 3.8) is 0 Å². The molecule has 1 N–H and O–H groups in total. The predicted molar refractivity (Wildman–Crippen MR) is 68.7 cm³/mol. The van der Waals surface area contributed by atoms with Crippen LogP contribution in [0.1, 0.15) is 12.0 Å². The van der Waals surface area contributed by atoms with Crippen LogP contribution in [0.4, 0.5) is 4.39 Å². The lowest BCUT2D eigenvalue weighted by Crippen LogP contribution is -2.45. The number of aliphatic carboxylic acids is 1. The largest absolute Gasteiger partial charge is 0.481 e. The van der Waals surface area contributed by atoms with E-state index in [1.807, 2.05) is 4.90 Å². The number of halogens is 2. The lowest BCUT2D eigenvalue weighted by molar-refractivity contribution is -0.140. The van der Waals surface area contributed by atoms with Crippen LogP contribution in [0.5, 0.6) is 0 Å². The van der Waals surface area contributed by atoms with Gasteiger partial charge in [0.15, 0.2) is 0 Å². The number of benzene rings is 1. The lowest BCUT2D eigenvalue weighted by atomic mass is 10.1. The zero-order chi connectivity index (χ0) is 13.8. The Balaban J connectivity index is 2.08. The van der Waals surface area contributed by atoms with Crippen LogP contribution in [-0.4, -0.2) is 41.8 Å². The number of hydrogen-bond acceptors (Lipinski definition) is 3. The summed E-state index contributed by atoms with van der Waals surface area (Å²) in [4.78, 5) is 12.8. The van der Waals surface area contributed by atoms with Gasteiger partial charge in [-0.2, -0.15) is 0 Å². The van der Waals surface area contributed by atoms with Gasteiger partial charge >= 0.3 is 5.97 Å². The molecule has 4 nitrogen and oxygen atoms in total. The number of hydrogen-bond donors (Lipinski definition) is 1. The molecule has 0 radical (unpaired) electrons. The van der Waals surface area contributed by atoms with Gasteiger partial charge in [-0.15, -0.1) is 0 Å². The lowest BCUT2D eigenvalue weighted by Gasteiger charge is -2.34. The van der Waals surface area contributed by atoms with E-state index in [1.54, 1.807) is 6.07 Å². The molecule has 6 heteroatoms. The molecule has 1 aromatic carbocycles. The van der Waals surface area contributed by atoms with Crippen LogP contribution >= 0.6 is 11.6 Å². The minimum atomic E-state index is -0.856. The molecule has 2 rings (SSSR count). The Kier molecular flexibility index (Phi) is 4.74. The summed E-state index contributed by atoms with van der Waals surface area (Å²) in [5.74, 6) is -1.23. The van der Waals surface area contributed by atoms with Crippen molar-refractivity contribution in [3.05, 3.63) is 34.6 Å². The van der Waals surface area contributed by atoms with Gasteiger partial charge in [0.1, 0.15) is 5.82 Å². The molecule has 0 bridgehead atoms. The quantitative estimate of drug-likeness (QED) is 0.922. The zero-order valence-corrected chi connectivity index (χ0v) is 11.1. The highest BCUT2D eigenvalue weighted by Gasteiger charge is 2.25. The van der Waals surface area contributed by atoms with Gasteiger partial charge < -0.3 is 9.84 Å². The van der Waals surface area contributed by atoms with Crippen LogP contribution in [0.15, 0.2) is 18.2 Å². The van der Waals surface area contributed by atoms with Crippen molar-refractivity contribution >= 4 is 17.6 Å². The normalized spacial score (nSPS) is 20.4. The molecule has 1 aliphatic rings. The molecule has 1 saturated heterocycles. The van der Waals surface area contributed by atoms with Crippen molar-refractivity contribution in [2.75, 3.05) is 19.8 Å². The zero-order valence-electron chi connectivity index (χ0n) is 10.3. The van der Waals surface area contributed by atoms with Crippen LogP contribution in [0.2, 0.25) is 5.02 Å². The van der Waals surface area contributed by atoms with Crippen molar-refractivity contribution in [1.82, 2.24) is 4.90 Å². The van der Waals surface area contributed by atoms with Gasteiger partial charge in [0.25, 0.3) is 0 Å². The number of rotatable bonds is 4. The molecule has 1 atom stereocenters. The average molecular weight is 288 g/mol. The van der Waals surface area contributed by atoms with Gasteiger partial charge in [-0.1, -0.05) is 17.7 Å². The molecule has 104 valence electrons. The molecule has 1 aromatic rings. The number of carboxylic acid groups (broad SMARTS) is 1. The first-order chi connectivity index (χ1) is 9.06. The van der Waals surface area contributed by atoms with E-state index in [9.17, 15) is 9.18 Å². The summed E-state index contributed by atoms with van der Waals surface area (Å²) in [6, 6.07) is 4.08. The highest BCUT2D eigenvalue weighted by atomic mass is 35.5. The minimum absolute atomic E-state index is 0.0266. The summed E-state index contributed by atoms with van der Waals surface area (Å²) in [7, 11) is 0. The Bertz CT molecular complexity index is 469.